The Hall–Kier alpha value is -3.95. The molecule has 10 heteroatoms. The summed E-state index contributed by atoms with van der Waals surface area (Å²) in [5.74, 6) is 3.19. The Morgan fingerprint density at radius 1 is 0.304 bits per heavy atom. The van der Waals surface area contributed by atoms with Crippen LogP contribution < -0.4 is 29.9 Å². The van der Waals surface area contributed by atoms with E-state index < -0.39 is 42.1 Å². The fourth-order valence-corrected chi connectivity index (χ4v) is 12.2. The van der Waals surface area contributed by atoms with E-state index in [0.29, 0.717) is 26.4 Å². The van der Waals surface area contributed by atoms with Crippen LogP contribution in [0.1, 0.15) is 259 Å². The molecule has 4 aliphatic rings. The first-order chi connectivity index (χ1) is 38.0. The smallest absolute Gasteiger partial charge is 0.490 e. The lowest BCUT2D eigenvalue weighted by atomic mass is 9.67. The summed E-state index contributed by atoms with van der Waals surface area (Å²) in [6, 6.07) is 23.1. The maximum Gasteiger partial charge on any atom is 0.494 e. The second kappa shape index (κ2) is 27.4. The van der Waals surface area contributed by atoms with Crippen LogP contribution in [0.3, 0.4) is 0 Å². The lowest BCUT2D eigenvalue weighted by Crippen LogP contribution is -2.41. The average Bonchev–Trinajstić information content (AvgIpc) is 2.16. The zero-order valence-electron chi connectivity index (χ0n) is 51.5. The van der Waals surface area contributed by atoms with Crippen molar-refractivity contribution < 1.29 is 37.6 Å². The molecule has 0 saturated carbocycles. The largest absolute Gasteiger partial charge is 0.494 e. The molecule has 0 atom stereocenters. The summed E-state index contributed by atoms with van der Waals surface area (Å²) in [7, 11) is -1.11. The molecule has 0 aromatic heterocycles. The second-order valence-electron chi connectivity index (χ2n) is 25.7. The SMILES string of the molecule is CCCCCCCCOc1cc2c(cc1OCCCCCCCC)C1(c3cc(B4OC(C)(C)C(C)(C)O4)ccc3-c3ccc(B4OC(C)(C)C(C)(C)O4)cc31)c1cc(OCCCCCCCC)c(OCCCCCCCC)cc1-2. The number of rotatable bonds is 34. The average molecular weight is 1080 g/mol. The van der Waals surface area contributed by atoms with Crippen molar-refractivity contribution in [2.45, 2.75) is 265 Å². The highest BCUT2D eigenvalue weighted by Crippen LogP contribution is 2.65. The third-order valence-corrected chi connectivity index (χ3v) is 18.5. The van der Waals surface area contributed by atoms with Crippen LogP contribution in [0.25, 0.3) is 22.3 Å². The number of fused-ring (bicyclic) bond motifs is 10. The molecule has 432 valence electrons. The molecule has 0 amide bonds. The quantitative estimate of drug-likeness (QED) is 0.0292. The molecule has 2 saturated heterocycles. The number of hydrogen-bond donors (Lipinski definition) is 0. The number of hydrogen-bond acceptors (Lipinski definition) is 8. The van der Waals surface area contributed by atoms with Crippen LogP contribution in [-0.4, -0.2) is 63.1 Å². The molecule has 4 aromatic carbocycles. The van der Waals surface area contributed by atoms with Crippen molar-refractivity contribution in [1.82, 2.24) is 0 Å². The topological polar surface area (TPSA) is 73.8 Å². The van der Waals surface area contributed by atoms with Gasteiger partial charge in [-0.25, -0.2) is 0 Å². The summed E-state index contributed by atoms with van der Waals surface area (Å²) < 4.78 is 55.5. The second-order valence-corrected chi connectivity index (χ2v) is 25.7. The molecule has 0 N–H and O–H groups in total. The molecule has 1 spiro atoms. The van der Waals surface area contributed by atoms with Crippen molar-refractivity contribution in [3.63, 3.8) is 0 Å². The van der Waals surface area contributed by atoms with E-state index in [1.807, 2.05) is 0 Å². The molecule has 2 aliphatic heterocycles. The van der Waals surface area contributed by atoms with Gasteiger partial charge in [0, 0.05) is 0 Å². The van der Waals surface area contributed by atoms with E-state index in [0.717, 1.165) is 108 Å². The van der Waals surface area contributed by atoms with Gasteiger partial charge < -0.3 is 37.6 Å². The van der Waals surface area contributed by atoms with Crippen LogP contribution in [0.5, 0.6) is 23.0 Å². The van der Waals surface area contributed by atoms with E-state index in [4.69, 9.17) is 37.6 Å². The highest BCUT2D eigenvalue weighted by atomic mass is 16.7. The molecule has 8 nitrogen and oxygen atoms in total. The van der Waals surface area contributed by atoms with E-state index in [-0.39, 0.29) is 0 Å². The van der Waals surface area contributed by atoms with Gasteiger partial charge in [-0.15, -0.1) is 0 Å². The van der Waals surface area contributed by atoms with Crippen LogP contribution in [0, 0.1) is 0 Å². The molecule has 8 rings (SSSR count). The first kappa shape index (κ1) is 61.1. The molecular weight excluding hydrogens is 978 g/mol. The minimum absolute atomic E-state index is 0.510. The summed E-state index contributed by atoms with van der Waals surface area (Å²) in [6.07, 6.45) is 28.6. The predicted molar refractivity (Wildman–Crippen MR) is 330 cm³/mol. The molecule has 2 aliphatic carbocycles. The fourth-order valence-electron chi connectivity index (χ4n) is 12.2. The highest BCUT2D eigenvalue weighted by Gasteiger charge is 2.57. The molecule has 4 aromatic rings. The van der Waals surface area contributed by atoms with E-state index in [9.17, 15) is 0 Å². The highest BCUT2D eigenvalue weighted by molar-refractivity contribution is 6.62. The Bertz CT molecular complexity index is 2390. The third kappa shape index (κ3) is 13.6. The van der Waals surface area contributed by atoms with Gasteiger partial charge in [-0.2, -0.15) is 0 Å². The minimum Gasteiger partial charge on any atom is -0.490 e. The van der Waals surface area contributed by atoms with Gasteiger partial charge in [0.2, 0.25) is 0 Å². The summed E-state index contributed by atoms with van der Waals surface area (Å²) in [5, 5.41) is 0. The standard InChI is InChI=1S/C69H102B2O8/c1-13-17-21-25-29-33-41-72-61-47-55-56-48-62(73-42-34-30-26-22-18-14-2)64(75-44-36-32-28-24-20-16-4)50-60(56)69(59(55)49-63(61)74-43-35-31-27-23-19-15-3)57-45-51(70-76-65(5,6)66(7,8)77-70)37-39-53(57)54-40-38-52(46-58(54)69)71-78-67(9,10)68(11,12)79-71/h37-40,45-50H,13-36,41-44H2,1-12H3. The molecule has 79 heavy (non-hydrogen) atoms. The number of unbranched alkanes of at least 4 members (excludes halogenated alkanes) is 20. The predicted octanol–water partition coefficient (Wildman–Crippen LogP) is 17.6. The van der Waals surface area contributed by atoms with Crippen molar-refractivity contribution in [3.05, 3.63) is 82.9 Å². The molecule has 2 fully saturated rings. The zero-order valence-corrected chi connectivity index (χ0v) is 51.5. The van der Waals surface area contributed by atoms with Gasteiger partial charge in [-0.3, -0.25) is 0 Å². The minimum atomic E-state index is -0.833. The summed E-state index contributed by atoms with van der Waals surface area (Å²) in [6.45, 7) is 28.7. The maximum atomic E-state index is 7.05. The Kier molecular flexibility index (Phi) is 21.2. The third-order valence-electron chi connectivity index (χ3n) is 18.5. The molecule has 2 heterocycles. The van der Waals surface area contributed by atoms with Gasteiger partial charge in [0.1, 0.15) is 0 Å². The number of ether oxygens (including phenoxy) is 4. The van der Waals surface area contributed by atoms with Crippen molar-refractivity contribution in [2.24, 2.45) is 0 Å². The van der Waals surface area contributed by atoms with Crippen LogP contribution >= 0.6 is 0 Å². The van der Waals surface area contributed by atoms with Gasteiger partial charge in [0.25, 0.3) is 0 Å². The normalized spacial score (nSPS) is 17.5. The number of benzene rings is 4. The maximum absolute atomic E-state index is 7.05. The van der Waals surface area contributed by atoms with E-state index >= 15 is 0 Å². The monoisotopic (exact) mass is 1080 g/mol. The Balaban J connectivity index is 1.33. The molecule has 0 bridgehead atoms. The van der Waals surface area contributed by atoms with Crippen molar-refractivity contribution >= 4 is 25.2 Å². The van der Waals surface area contributed by atoms with E-state index in [1.165, 1.54) is 125 Å². The van der Waals surface area contributed by atoms with Gasteiger partial charge in [-0.05, 0) is 161 Å². The van der Waals surface area contributed by atoms with Gasteiger partial charge >= 0.3 is 14.2 Å². The van der Waals surface area contributed by atoms with Gasteiger partial charge in [-0.1, -0.05) is 193 Å². The Labute approximate surface area is 480 Å². The molecule has 0 unspecified atom stereocenters. The summed E-state index contributed by atoms with van der Waals surface area (Å²) in [4.78, 5) is 0. The van der Waals surface area contributed by atoms with E-state index in [2.05, 4.69) is 144 Å². The Morgan fingerprint density at radius 3 is 0.848 bits per heavy atom. The van der Waals surface area contributed by atoms with Crippen molar-refractivity contribution in [2.75, 3.05) is 26.4 Å². The molecular formula is C69H102B2O8. The van der Waals surface area contributed by atoms with Crippen LogP contribution in [0.15, 0.2) is 60.7 Å². The molecule has 0 radical (unpaired) electrons. The lowest BCUT2D eigenvalue weighted by molar-refractivity contribution is 0.00578. The van der Waals surface area contributed by atoms with Gasteiger partial charge in [0.15, 0.2) is 23.0 Å². The Morgan fingerprint density at radius 2 is 0.557 bits per heavy atom. The van der Waals surface area contributed by atoms with Gasteiger partial charge in [0.05, 0.1) is 54.2 Å². The van der Waals surface area contributed by atoms with Crippen LogP contribution in [0.4, 0.5) is 0 Å². The summed E-state index contributed by atoms with van der Waals surface area (Å²) in [5.41, 5.74) is 8.33. The zero-order chi connectivity index (χ0) is 56.3. The van der Waals surface area contributed by atoms with E-state index in [1.54, 1.807) is 0 Å². The fraction of sp³-hybridized carbons (Fsp3) is 0.652. The first-order valence-electron chi connectivity index (χ1n) is 31.9. The first-order valence-corrected chi connectivity index (χ1v) is 31.9. The van der Waals surface area contributed by atoms with Crippen molar-refractivity contribution in [3.8, 4) is 45.3 Å². The van der Waals surface area contributed by atoms with Crippen LogP contribution in [-0.2, 0) is 24.0 Å². The lowest BCUT2D eigenvalue weighted by Gasteiger charge is -2.32. The van der Waals surface area contributed by atoms with Crippen LogP contribution in [0.2, 0.25) is 0 Å². The summed E-state index contributed by atoms with van der Waals surface area (Å²) >= 11 is 0. The van der Waals surface area contributed by atoms with Crippen molar-refractivity contribution in [1.29, 1.82) is 0 Å².